The van der Waals surface area contributed by atoms with E-state index in [0.717, 1.165) is 82.2 Å². The molecule has 0 aliphatic carbocycles. The van der Waals surface area contributed by atoms with E-state index in [-0.39, 0.29) is 50.1 Å². The van der Waals surface area contributed by atoms with Crippen LogP contribution in [0.1, 0.15) is 165 Å². The van der Waals surface area contributed by atoms with E-state index in [2.05, 4.69) is 86.0 Å². The van der Waals surface area contributed by atoms with Crippen LogP contribution in [0.15, 0.2) is 79.1 Å². The third-order valence-corrected chi connectivity index (χ3v) is 21.1. The Labute approximate surface area is 751 Å². The van der Waals surface area contributed by atoms with Gasteiger partial charge in [0.15, 0.2) is 5.78 Å². The summed E-state index contributed by atoms with van der Waals surface area (Å²) in [6.45, 7) is 1.80. The number of carboxylic acids is 4. The van der Waals surface area contributed by atoms with Crippen molar-refractivity contribution in [2.45, 2.75) is 229 Å². The number of nitrogens with two attached hydrogens (primary N) is 2. The topological polar surface area (TPSA) is 725 Å². The van der Waals surface area contributed by atoms with Gasteiger partial charge in [0.05, 0.1) is 58.9 Å². The van der Waals surface area contributed by atoms with Crippen LogP contribution in [0.5, 0.6) is 5.75 Å². The number of hydrogen-bond acceptors (Lipinski definition) is 25. The van der Waals surface area contributed by atoms with Crippen molar-refractivity contribution < 1.29 is 131 Å². The lowest BCUT2D eigenvalue weighted by atomic mass is 9.96. The number of fused-ring (bicyclic) bond motifs is 2. The summed E-state index contributed by atoms with van der Waals surface area (Å²) >= 11 is 0. The fourth-order valence-corrected chi connectivity index (χ4v) is 14.0. The molecule has 13 unspecified atom stereocenters. The summed E-state index contributed by atoms with van der Waals surface area (Å²) in [6, 6.07) is -6.39. The van der Waals surface area contributed by atoms with Gasteiger partial charge in [0, 0.05) is 71.4 Å². The van der Waals surface area contributed by atoms with Crippen molar-refractivity contribution in [2.75, 3.05) is 45.6 Å². The number of H-pyrrole nitrogens is 2. The zero-order chi connectivity index (χ0) is 96.6. The van der Waals surface area contributed by atoms with Crippen molar-refractivity contribution >= 4 is 146 Å². The van der Waals surface area contributed by atoms with Crippen LogP contribution >= 0.6 is 0 Å². The summed E-state index contributed by atoms with van der Waals surface area (Å²) < 4.78 is 11.1. The predicted molar refractivity (Wildman–Crippen MR) is 465 cm³/mol. The lowest BCUT2D eigenvalue weighted by Crippen LogP contribution is -2.62. The number of para-hydroxylation sites is 2. The minimum absolute atomic E-state index is 0.0345. The number of aliphatic carboxylic acids is 4. The lowest BCUT2D eigenvalue weighted by Gasteiger charge is -2.30. The van der Waals surface area contributed by atoms with Crippen LogP contribution in [0, 0.1) is 5.92 Å². The number of esters is 1. The Hall–Kier alpha value is -14.3. The van der Waals surface area contributed by atoms with Gasteiger partial charge in [0.2, 0.25) is 76.8 Å². The Morgan fingerprint density at radius 1 is 0.527 bits per heavy atom. The van der Waals surface area contributed by atoms with E-state index in [4.69, 9.17) is 20.9 Å². The number of benzene rings is 3. The summed E-state index contributed by atoms with van der Waals surface area (Å²) in [6.07, 6.45) is 3.39. The predicted octanol–water partition coefficient (Wildman–Crippen LogP) is -2.34. The number of rotatable bonds is 42. The molecule has 1 saturated heterocycles. The van der Waals surface area contributed by atoms with Crippen LogP contribution in [0.25, 0.3) is 21.8 Å². The van der Waals surface area contributed by atoms with Gasteiger partial charge in [-0.15, -0.1) is 0 Å². The van der Waals surface area contributed by atoms with Gasteiger partial charge in [-0.2, -0.15) is 0 Å². The molecule has 46 heteroatoms. The molecule has 131 heavy (non-hydrogen) atoms. The van der Waals surface area contributed by atoms with E-state index < -0.39 is 255 Å². The number of cyclic esters (lactones) is 1. The van der Waals surface area contributed by atoms with E-state index in [1.165, 1.54) is 44.2 Å². The third-order valence-electron chi connectivity index (χ3n) is 21.1. The molecule has 1 aliphatic heterocycles. The molecule has 0 saturated carbocycles. The largest absolute Gasteiger partial charge is 0.497 e. The average molecular weight is 1840 g/mol. The van der Waals surface area contributed by atoms with Crippen molar-refractivity contribution in [3.8, 4) is 5.75 Å². The lowest BCUT2D eigenvalue weighted by molar-refractivity contribution is -0.156. The number of ether oxygens (including phenoxy) is 2. The third kappa shape index (κ3) is 35.3. The SMILES string of the molecule is CCCCCCCCCCCCNC(=O)NC(Cc1c[nH]c2ccccc12)C(=O)NC(CC(N)=O)C(=O)NC(CC(=O)O)C(=O)NC1C(=O)NCC(=O)NC(CCCNCc2c[nH]c3ccc(OC)cc23)C(=O)NC(CC(=O)O)C(=O)NC(C)C(=O)NC(CC(=O)O)C(=O)NCC(=O)NC(CO)C(=O)NC(C(C)CC(=O)O)C(=O)NC(CC(=O)c2ccccc2N)C(=O)OC1C. The first-order valence-electron chi connectivity index (χ1n) is 42.7. The first-order chi connectivity index (χ1) is 62.3. The summed E-state index contributed by atoms with van der Waals surface area (Å²) in [5.74, 6) is -28.8. The van der Waals surface area contributed by atoms with Gasteiger partial charge in [0.1, 0.15) is 78.3 Å². The quantitative estimate of drug-likeness (QED) is 0.00843. The van der Waals surface area contributed by atoms with Crippen molar-refractivity contribution in [3.63, 3.8) is 0 Å². The number of aromatic amines is 2. The van der Waals surface area contributed by atoms with Crippen LogP contribution in [-0.4, -0.2) is 266 Å². The second-order valence-electron chi connectivity index (χ2n) is 31.5. The summed E-state index contributed by atoms with van der Waals surface area (Å²) in [5.41, 5.74) is 13.9. The molecule has 5 aromatic rings. The molecule has 6 rings (SSSR count). The molecule has 0 bridgehead atoms. The molecule has 13 atom stereocenters. The molecule has 3 heterocycles. The fourth-order valence-electron chi connectivity index (χ4n) is 14.0. The van der Waals surface area contributed by atoms with Crippen molar-refractivity contribution in [1.82, 2.24) is 89.7 Å². The molecule has 0 spiro atoms. The van der Waals surface area contributed by atoms with Crippen LogP contribution < -0.4 is 96.0 Å². The number of carbonyl (C=O) groups excluding carboxylic acids is 16. The number of unbranched alkanes of at least 4 members (excludes halogenated alkanes) is 9. The van der Waals surface area contributed by atoms with Crippen molar-refractivity contribution in [2.24, 2.45) is 11.7 Å². The zero-order valence-electron chi connectivity index (χ0n) is 73.1. The Bertz CT molecular complexity index is 4900. The van der Waals surface area contributed by atoms with Gasteiger partial charge in [-0.25, -0.2) is 9.59 Å². The number of methoxy groups -OCH3 is 1. The molecule has 2 aromatic heterocycles. The number of aromatic nitrogens is 2. The number of hydrogen-bond donors (Lipinski definition) is 24. The average Bonchev–Trinajstić information content (AvgIpc) is 1.69. The number of anilines is 1. The highest BCUT2D eigenvalue weighted by Crippen LogP contribution is 2.25. The first kappa shape index (κ1) is 105. The number of nitrogens with one attached hydrogen (secondary N) is 17. The molecule has 1 fully saturated rings. The normalized spacial score (nSPS) is 20.0. The van der Waals surface area contributed by atoms with Crippen LogP contribution in [-0.2, 0) is 104 Å². The van der Waals surface area contributed by atoms with E-state index in [1.54, 1.807) is 54.9 Å². The van der Waals surface area contributed by atoms with E-state index >= 15 is 9.59 Å². The standard InChI is InChI=1S/C85H117N19O27/c1-6-7-8-9-10-11-12-13-14-19-29-89-85(129)102-57(31-47-39-90-54-24-18-16-21-50(47)54)78(122)98-58(34-65(87)107)79(123)100-61(37-71(116)117)80(124)104-73-46(4)131-84(128)62(33-64(106)51-22-15-17-23-53(51)86)101-83(127)72(44(2)30-68(110)111)103-81(125)63(43-105)96-67(109)41-92-75(119)59(35-69(112)113)97-74(118)45(3)94-77(121)60(36-70(114)115)99-76(120)56(95-66(108)42-93-82(73)126)25-20-28-88-38-48-40-91-55-27-26-49(130-5)32-52(48)55/h15-18,21-24,26-27,32,39-40,44-46,56-63,72-73,88,90-91,105H,6-14,19-20,25,28-31,33-38,41-43,86H2,1-5H3,(H2,87,107)(H,92,119)(H,93,126)(H,94,121)(H,95,108)(H,96,109)(H,97,118)(H,98,122)(H,99,120)(H,100,123)(H,101,127)(H,103,125)(H,104,124)(H,110,111)(H,112,113)(H,114,115)(H,116,117)(H2,89,102,129). The number of ketones is 1. The van der Waals surface area contributed by atoms with E-state index in [9.17, 15) is 112 Å². The smallest absolute Gasteiger partial charge is 0.329 e. The monoisotopic (exact) mass is 1840 g/mol. The van der Waals surface area contributed by atoms with Gasteiger partial charge in [-0.05, 0) is 93.1 Å². The van der Waals surface area contributed by atoms with Gasteiger partial charge in [-0.3, -0.25) is 86.3 Å². The molecule has 714 valence electrons. The number of amides is 15. The Morgan fingerprint density at radius 3 is 1.69 bits per heavy atom. The van der Waals surface area contributed by atoms with Crippen molar-refractivity contribution in [1.29, 1.82) is 0 Å². The minimum Gasteiger partial charge on any atom is -0.497 e. The van der Waals surface area contributed by atoms with Gasteiger partial charge >= 0.3 is 35.9 Å². The molecule has 46 nitrogen and oxygen atoms in total. The van der Waals surface area contributed by atoms with Crippen LogP contribution in [0.4, 0.5) is 10.5 Å². The van der Waals surface area contributed by atoms with Gasteiger partial charge < -0.3 is 136 Å². The Morgan fingerprint density at radius 2 is 1.08 bits per heavy atom. The van der Waals surface area contributed by atoms with Gasteiger partial charge in [-0.1, -0.05) is 102 Å². The second kappa shape index (κ2) is 53.5. The molecular formula is C85H117N19O27. The number of carboxylic acid groups (broad SMARTS) is 4. The van der Waals surface area contributed by atoms with Gasteiger partial charge in [0.25, 0.3) is 0 Å². The minimum atomic E-state index is -2.48. The van der Waals surface area contributed by atoms with E-state index in [0.29, 0.717) is 28.6 Å². The highest BCUT2D eigenvalue weighted by atomic mass is 16.5. The number of Topliss-reactive ketones (excluding diaryl/α,β-unsaturated/α-hetero) is 1. The van der Waals surface area contributed by atoms with Crippen molar-refractivity contribution in [3.05, 3.63) is 95.8 Å². The summed E-state index contributed by atoms with van der Waals surface area (Å²) in [4.78, 5) is 284. The number of aliphatic hydroxyl groups is 1. The highest BCUT2D eigenvalue weighted by Gasteiger charge is 2.41. The maximum atomic E-state index is 15.1. The Balaban J connectivity index is 1.41. The summed E-state index contributed by atoms with van der Waals surface area (Å²) in [5, 5.41) is 86.4. The zero-order valence-corrected chi connectivity index (χ0v) is 73.1. The number of urea groups is 1. The number of aliphatic hydroxyl groups excluding tert-OH is 1. The first-order valence-corrected chi connectivity index (χ1v) is 42.7. The molecule has 0 radical (unpaired) electrons. The number of carbonyl (C=O) groups is 20. The molecule has 3 aromatic carbocycles. The van der Waals surface area contributed by atoms with Crippen LogP contribution in [0.2, 0.25) is 0 Å². The Kier molecular flexibility index (Phi) is 43.0. The second-order valence-corrected chi connectivity index (χ2v) is 31.5. The molecular weight excluding hydrogens is 1720 g/mol. The van der Waals surface area contributed by atoms with E-state index in [1.807, 2.05) is 10.6 Å². The summed E-state index contributed by atoms with van der Waals surface area (Å²) in [7, 11) is 1.47. The fraction of sp³-hybridized carbons (Fsp3) is 0.506. The molecule has 26 N–H and O–H groups in total. The molecule has 15 amide bonds. The highest BCUT2D eigenvalue weighted by molar-refractivity contribution is 6.05. The maximum Gasteiger partial charge on any atom is 0.329 e. The van der Waals surface area contributed by atoms with Crippen LogP contribution in [0.3, 0.4) is 0 Å². The maximum absolute atomic E-state index is 15.1. The number of nitrogen functional groups attached to an aromatic ring is 1. The molecule has 1 aliphatic rings. The number of primary amides is 1.